The maximum Gasteiger partial charge on any atom is 0.136 e. The molecule has 0 atom stereocenters. The van der Waals surface area contributed by atoms with Crippen LogP contribution in [0.5, 0.6) is 5.75 Å². The van der Waals surface area contributed by atoms with E-state index in [0.717, 1.165) is 28.9 Å². The van der Waals surface area contributed by atoms with E-state index in [-0.39, 0.29) is 0 Å². The number of nitrogens with two attached hydrogens (primary N) is 1. The molecule has 0 amide bonds. The molecule has 0 bridgehead atoms. The molecule has 0 aliphatic carbocycles. The molecule has 0 saturated heterocycles. The molecule has 16 heavy (non-hydrogen) atoms. The SMILES string of the molecule is CCNc1nccc2c(OC)ccc(N)c12. The summed E-state index contributed by atoms with van der Waals surface area (Å²) in [4.78, 5) is 4.29. The molecule has 0 radical (unpaired) electrons. The van der Waals surface area contributed by atoms with Crippen LogP contribution in [-0.2, 0) is 0 Å². The number of nitrogen functional groups attached to an aromatic ring is 1. The number of anilines is 2. The van der Waals surface area contributed by atoms with Crippen LogP contribution >= 0.6 is 0 Å². The summed E-state index contributed by atoms with van der Waals surface area (Å²) in [6, 6.07) is 5.61. The van der Waals surface area contributed by atoms with E-state index in [1.54, 1.807) is 13.3 Å². The number of ether oxygens (including phenoxy) is 1. The number of hydrogen-bond donors (Lipinski definition) is 2. The van der Waals surface area contributed by atoms with Crippen molar-refractivity contribution >= 4 is 22.3 Å². The summed E-state index contributed by atoms with van der Waals surface area (Å²) in [6.45, 7) is 2.83. The minimum absolute atomic E-state index is 0.708. The molecule has 0 spiro atoms. The van der Waals surface area contributed by atoms with Crippen molar-refractivity contribution < 1.29 is 4.74 Å². The Morgan fingerprint density at radius 2 is 2.19 bits per heavy atom. The Hall–Kier alpha value is -1.97. The van der Waals surface area contributed by atoms with E-state index in [1.807, 2.05) is 25.1 Å². The first-order chi connectivity index (χ1) is 7.77. The van der Waals surface area contributed by atoms with Crippen LogP contribution in [0.3, 0.4) is 0 Å². The topological polar surface area (TPSA) is 60.2 Å². The number of rotatable bonds is 3. The van der Waals surface area contributed by atoms with Crippen LogP contribution < -0.4 is 15.8 Å². The van der Waals surface area contributed by atoms with Gasteiger partial charge in [0.25, 0.3) is 0 Å². The molecule has 0 unspecified atom stereocenters. The van der Waals surface area contributed by atoms with E-state index in [0.29, 0.717) is 5.69 Å². The van der Waals surface area contributed by atoms with Crippen molar-refractivity contribution in [1.82, 2.24) is 4.98 Å². The third-order valence-electron chi connectivity index (χ3n) is 2.48. The van der Waals surface area contributed by atoms with Crippen LogP contribution in [0, 0.1) is 0 Å². The van der Waals surface area contributed by atoms with Gasteiger partial charge in [-0.15, -0.1) is 0 Å². The first-order valence-corrected chi connectivity index (χ1v) is 5.23. The Morgan fingerprint density at radius 3 is 2.88 bits per heavy atom. The lowest BCUT2D eigenvalue weighted by Gasteiger charge is -2.11. The van der Waals surface area contributed by atoms with E-state index in [1.165, 1.54) is 0 Å². The predicted octanol–water partition coefficient (Wildman–Crippen LogP) is 2.26. The molecule has 3 N–H and O–H groups in total. The van der Waals surface area contributed by atoms with Gasteiger partial charge in [-0.1, -0.05) is 0 Å². The highest BCUT2D eigenvalue weighted by molar-refractivity contribution is 6.03. The number of hydrogen-bond acceptors (Lipinski definition) is 4. The smallest absolute Gasteiger partial charge is 0.136 e. The lowest BCUT2D eigenvalue weighted by Crippen LogP contribution is -2.02. The van der Waals surface area contributed by atoms with Crippen LogP contribution in [0.4, 0.5) is 11.5 Å². The van der Waals surface area contributed by atoms with Gasteiger partial charge in [-0.3, -0.25) is 0 Å². The van der Waals surface area contributed by atoms with Crippen molar-refractivity contribution in [3.8, 4) is 5.75 Å². The third kappa shape index (κ3) is 1.62. The van der Waals surface area contributed by atoms with Crippen molar-refractivity contribution in [3.63, 3.8) is 0 Å². The van der Waals surface area contributed by atoms with Crippen molar-refractivity contribution in [2.75, 3.05) is 24.7 Å². The summed E-state index contributed by atoms with van der Waals surface area (Å²) in [6.07, 6.45) is 1.75. The fourth-order valence-electron chi connectivity index (χ4n) is 1.78. The van der Waals surface area contributed by atoms with E-state index < -0.39 is 0 Å². The van der Waals surface area contributed by atoms with Crippen LogP contribution in [0.1, 0.15) is 6.92 Å². The minimum Gasteiger partial charge on any atom is -0.496 e. The summed E-state index contributed by atoms with van der Waals surface area (Å²) in [5.74, 6) is 1.61. The highest BCUT2D eigenvalue weighted by Crippen LogP contribution is 2.33. The van der Waals surface area contributed by atoms with Crippen molar-refractivity contribution in [1.29, 1.82) is 0 Å². The highest BCUT2D eigenvalue weighted by Gasteiger charge is 2.09. The molecule has 4 nitrogen and oxygen atoms in total. The molecule has 0 aliphatic rings. The second-order valence-corrected chi connectivity index (χ2v) is 3.47. The van der Waals surface area contributed by atoms with Crippen molar-refractivity contribution in [2.45, 2.75) is 6.92 Å². The third-order valence-corrected chi connectivity index (χ3v) is 2.48. The Kier molecular flexibility index (Phi) is 2.81. The lowest BCUT2D eigenvalue weighted by molar-refractivity contribution is 0.420. The Bertz CT molecular complexity index is 511. The molecular weight excluding hydrogens is 202 g/mol. The first-order valence-electron chi connectivity index (χ1n) is 5.23. The largest absolute Gasteiger partial charge is 0.496 e. The number of methoxy groups -OCH3 is 1. The standard InChI is InChI=1S/C12H15N3O/c1-3-14-12-11-8(6-7-15-12)10(16-2)5-4-9(11)13/h4-7H,3,13H2,1-2H3,(H,14,15). The van der Waals surface area contributed by atoms with Crippen LogP contribution in [0.25, 0.3) is 10.8 Å². The molecule has 2 aromatic rings. The average Bonchev–Trinajstić information content (AvgIpc) is 2.30. The summed E-state index contributed by atoms with van der Waals surface area (Å²) >= 11 is 0. The van der Waals surface area contributed by atoms with Gasteiger partial charge in [-0.2, -0.15) is 0 Å². The fourth-order valence-corrected chi connectivity index (χ4v) is 1.78. The van der Waals surface area contributed by atoms with E-state index in [4.69, 9.17) is 10.5 Å². The molecule has 1 aromatic heterocycles. The van der Waals surface area contributed by atoms with Crippen LogP contribution in [0.15, 0.2) is 24.4 Å². The summed E-state index contributed by atoms with van der Waals surface area (Å²) in [5.41, 5.74) is 6.68. The van der Waals surface area contributed by atoms with Gasteiger partial charge in [0.2, 0.25) is 0 Å². The molecule has 2 rings (SSSR count). The number of nitrogens with one attached hydrogen (secondary N) is 1. The average molecular weight is 217 g/mol. The van der Waals surface area contributed by atoms with Gasteiger partial charge in [-0.25, -0.2) is 4.98 Å². The van der Waals surface area contributed by atoms with Gasteiger partial charge in [0, 0.05) is 23.8 Å². The number of fused-ring (bicyclic) bond motifs is 1. The van der Waals surface area contributed by atoms with Gasteiger partial charge >= 0.3 is 0 Å². The normalized spacial score (nSPS) is 10.4. The van der Waals surface area contributed by atoms with E-state index >= 15 is 0 Å². The quantitative estimate of drug-likeness (QED) is 0.774. The van der Waals surface area contributed by atoms with Gasteiger partial charge in [0.05, 0.1) is 12.5 Å². The number of pyridine rings is 1. The highest BCUT2D eigenvalue weighted by atomic mass is 16.5. The maximum absolute atomic E-state index is 5.98. The summed E-state index contributed by atoms with van der Waals surface area (Å²) < 4.78 is 5.30. The van der Waals surface area contributed by atoms with Crippen molar-refractivity contribution in [3.05, 3.63) is 24.4 Å². The Labute approximate surface area is 94.4 Å². The second-order valence-electron chi connectivity index (χ2n) is 3.47. The molecule has 0 saturated carbocycles. The molecule has 4 heteroatoms. The van der Waals surface area contributed by atoms with Gasteiger partial charge < -0.3 is 15.8 Å². The molecular formula is C12H15N3O. The minimum atomic E-state index is 0.708. The zero-order valence-corrected chi connectivity index (χ0v) is 9.45. The fraction of sp³-hybridized carbons (Fsp3) is 0.250. The lowest BCUT2D eigenvalue weighted by atomic mass is 10.1. The van der Waals surface area contributed by atoms with E-state index in [2.05, 4.69) is 10.3 Å². The van der Waals surface area contributed by atoms with E-state index in [9.17, 15) is 0 Å². The maximum atomic E-state index is 5.98. The summed E-state index contributed by atoms with van der Waals surface area (Å²) in [5, 5.41) is 5.10. The van der Waals surface area contributed by atoms with Crippen LogP contribution in [0.2, 0.25) is 0 Å². The Morgan fingerprint density at radius 1 is 1.38 bits per heavy atom. The van der Waals surface area contributed by atoms with Crippen LogP contribution in [-0.4, -0.2) is 18.6 Å². The second kappa shape index (κ2) is 4.26. The first kappa shape index (κ1) is 10.5. The predicted molar refractivity (Wildman–Crippen MR) is 66.9 cm³/mol. The Balaban J connectivity index is 2.75. The van der Waals surface area contributed by atoms with Crippen molar-refractivity contribution in [2.24, 2.45) is 0 Å². The zero-order chi connectivity index (χ0) is 11.5. The molecule has 84 valence electrons. The molecule has 1 aromatic carbocycles. The number of benzene rings is 1. The van der Waals surface area contributed by atoms with Gasteiger partial charge in [0.15, 0.2) is 0 Å². The number of aromatic nitrogens is 1. The summed E-state index contributed by atoms with van der Waals surface area (Å²) in [7, 11) is 1.65. The van der Waals surface area contributed by atoms with Gasteiger partial charge in [-0.05, 0) is 25.1 Å². The zero-order valence-electron chi connectivity index (χ0n) is 9.45. The van der Waals surface area contributed by atoms with Gasteiger partial charge in [0.1, 0.15) is 11.6 Å². The molecule has 0 fully saturated rings. The monoisotopic (exact) mass is 217 g/mol. The number of nitrogens with zero attached hydrogens (tertiary/aromatic N) is 1. The molecule has 1 heterocycles. The molecule has 0 aliphatic heterocycles.